The van der Waals surface area contributed by atoms with Crippen LogP contribution in [0.3, 0.4) is 0 Å². The van der Waals surface area contributed by atoms with Gasteiger partial charge < -0.3 is 15.2 Å². The molecule has 0 radical (unpaired) electrons. The molecule has 1 unspecified atom stereocenters. The number of nitrogens with zero attached hydrogens (tertiary/aromatic N) is 2. The topological polar surface area (TPSA) is 61.0 Å². The summed E-state index contributed by atoms with van der Waals surface area (Å²) >= 11 is 0. The van der Waals surface area contributed by atoms with E-state index in [2.05, 4.69) is 27.2 Å². The molecule has 1 aromatic rings. The van der Waals surface area contributed by atoms with Crippen molar-refractivity contribution >= 4 is 5.91 Å². The van der Waals surface area contributed by atoms with Gasteiger partial charge in [-0.1, -0.05) is 0 Å². The van der Waals surface area contributed by atoms with Crippen molar-refractivity contribution < 1.29 is 4.79 Å². The van der Waals surface area contributed by atoms with Crippen LogP contribution in [-0.2, 0) is 11.2 Å². The number of aromatic nitrogens is 2. The van der Waals surface area contributed by atoms with E-state index in [1.54, 1.807) is 12.4 Å². The molecular weight excluding hydrogens is 216 g/mol. The van der Waals surface area contributed by atoms with E-state index in [1.807, 2.05) is 6.92 Å². The van der Waals surface area contributed by atoms with E-state index in [0.29, 0.717) is 6.54 Å². The summed E-state index contributed by atoms with van der Waals surface area (Å²) in [5.74, 6) is 1.08. The zero-order chi connectivity index (χ0) is 12.3. The summed E-state index contributed by atoms with van der Waals surface area (Å²) < 4.78 is 0. The van der Waals surface area contributed by atoms with Crippen LogP contribution in [0.4, 0.5) is 0 Å². The van der Waals surface area contributed by atoms with E-state index in [1.165, 1.54) is 0 Å². The lowest BCUT2D eigenvalue weighted by Gasteiger charge is -2.22. The van der Waals surface area contributed by atoms with Crippen LogP contribution < -0.4 is 5.32 Å². The molecular formula is C12H20N4O. The fraction of sp³-hybridized carbons (Fsp3) is 0.667. The summed E-state index contributed by atoms with van der Waals surface area (Å²) in [5, 5.41) is 3.00. The second-order valence-electron chi connectivity index (χ2n) is 5.09. The number of nitrogens with one attached hydrogen (secondary N) is 2. The maximum atomic E-state index is 12.1. The monoisotopic (exact) mass is 236 g/mol. The van der Waals surface area contributed by atoms with Crippen molar-refractivity contribution in [3.05, 3.63) is 18.2 Å². The van der Waals surface area contributed by atoms with Gasteiger partial charge in [-0.2, -0.15) is 0 Å². The largest absolute Gasteiger partial charge is 0.355 e. The van der Waals surface area contributed by atoms with Crippen molar-refractivity contribution in [2.24, 2.45) is 5.41 Å². The number of carbonyl (C=O) groups is 1. The molecule has 0 aromatic carbocycles. The highest BCUT2D eigenvalue weighted by Crippen LogP contribution is 2.28. The second-order valence-corrected chi connectivity index (χ2v) is 5.09. The van der Waals surface area contributed by atoms with E-state index >= 15 is 0 Å². The van der Waals surface area contributed by atoms with Crippen LogP contribution in [0.5, 0.6) is 0 Å². The second kappa shape index (κ2) is 4.87. The third kappa shape index (κ3) is 2.85. The third-order valence-electron chi connectivity index (χ3n) is 3.41. The number of hydrogen-bond donors (Lipinski definition) is 2. The summed E-state index contributed by atoms with van der Waals surface area (Å²) in [4.78, 5) is 21.4. The van der Waals surface area contributed by atoms with Gasteiger partial charge in [0.2, 0.25) is 5.91 Å². The maximum Gasteiger partial charge on any atom is 0.227 e. The number of amides is 1. The fourth-order valence-electron chi connectivity index (χ4n) is 2.32. The van der Waals surface area contributed by atoms with Crippen LogP contribution in [0.25, 0.3) is 0 Å². The Balaban J connectivity index is 1.77. The van der Waals surface area contributed by atoms with Gasteiger partial charge in [-0.25, -0.2) is 4.98 Å². The number of rotatable bonds is 4. The zero-order valence-corrected chi connectivity index (χ0v) is 10.5. The van der Waals surface area contributed by atoms with Crippen molar-refractivity contribution in [2.45, 2.75) is 19.8 Å². The lowest BCUT2D eigenvalue weighted by molar-refractivity contribution is -0.129. The van der Waals surface area contributed by atoms with Crippen molar-refractivity contribution in [1.82, 2.24) is 20.2 Å². The molecule has 2 heterocycles. The Morgan fingerprint density at radius 1 is 1.71 bits per heavy atom. The van der Waals surface area contributed by atoms with Crippen LogP contribution in [0, 0.1) is 5.41 Å². The van der Waals surface area contributed by atoms with Gasteiger partial charge in [0, 0.05) is 31.9 Å². The first-order valence-corrected chi connectivity index (χ1v) is 6.05. The van der Waals surface area contributed by atoms with Crippen LogP contribution >= 0.6 is 0 Å². The quantitative estimate of drug-likeness (QED) is 0.796. The number of aromatic amines is 1. The molecule has 0 spiro atoms. The van der Waals surface area contributed by atoms with E-state index < -0.39 is 0 Å². The standard InChI is InChI=1S/C12H20N4O/c1-12(4-8-16(2)9-12)11(17)15-5-3-10-13-6-7-14-10/h6-7H,3-5,8-9H2,1-2H3,(H,13,14)(H,15,17). The molecule has 1 amide bonds. The van der Waals surface area contributed by atoms with Crippen LogP contribution in [0.15, 0.2) is 12.4 Å². The van der Waals surface area contributed by atoms with Gasteiger partial charge in [0.15, 0.2) is 0 Å². The Kier molecular flexibility index (Phi) is 3.47. The van der Waals surface area contributed by atoms with Gasteiger partial charge in [-0.3, -0.25) is 4.79 Å². The van der Waals surface area contributed by atoms with Crippen LogP contribution in [0.2, 0.25) is 0 Å². The summed E-state index contributed by atoms with van der Waals surface area (Å²) in [7, 11) is 2.06. The van der Waals surface area contributed by atoms with Gasteiger partial charge in [-0.05, 0) is 26.9 Å². The zero-order valence-electron chi connectivity index (χ0n) is 10.5. The number of hydrogen-bond acceptors (Lipinski definition) is 3. The molecule has 1 saturated heterocycles. The smallest absolute Gasteiger partial charge is 0.227 e. The third-order valence-corrected chi connectivity index (χ3v) is 3.41. The van der Waals surface area contributed by atoms with E-state index in [9.17, 15) is 4.79 Å². The molecule has 2 N–H and O–H groups in total. The average Bonchev–Trinajstić information content (AvgIpc) is 2.89. The molecule has 1 aliphatic rings. The Bertz CT molecular complexity index is 376. The van der Waals surface area contributed by atoms with E-state index in [4.69, 9.17) is 0 Å². The summed E-state index contributed by atoms with van der Waals surface area (Å²) in [6, 6.07) is 0. The average molecular weight is 236 g/mol. The Labute approximate surface area is 102 Å². The highest BCUT2D eigenvalue weighted by Gasteiger charge is 2.38. The predicted octanol–water partition coefficient (Wildman–Crippen LogP) is 0.410. The van der Waals surface area contributed by atoms with Crippen molar-refractivity contribution in [3.63, 3.8) is 0 Å². The number of H-pyrrole nitrogens is 1. The molecule has 5 nitrogen and oxygen atoms in total. The molecule has 5 heteroatoms. The first kappa shape index (κ1) is 12.1. The van der Waals surface area contributed by atoms with E-state index in [-0.39, 0.29) is 11.3 Å². The van der Waals surface area contributed by atoms with Crippen molar-refractivity contribution in [1.29, 1.82) is 0 Å². The van der Waals surface area contributed by atoms with E-state index in [0.717, 1.165) is 31.8 Å². The first-order valence-electron chi connectivity index (χ1n) is 6.05. The lowest BCUT2D eigenvalue weighted by atomic mass is 9.89. The highest BCUT2D eigenvalue weighted by atomic mass is 16.2. The summed E-state index contributed by atoms with van der Waals surface area (Å²) in [6.07, 6.45) is 5.22. The SMILES string of the molecule is CN1CCC(C)(C(=O)NCCc2ncc[nH]2)C1. The molecule has 94 valence electrons. The van der Waals surface area contributed by atoms with Gasteiger partial charge >= 0.3 is 0 Å². The molecule has 1 fully saturated rings. The molecule has 1 aliphatic heterocycles. The number of imidazole rings is 1. The highest BCUT2D eigenvalue weighted by molar-refractivity contribution is 5.82. The van der Waals surface area contributed by atoms with Gasteiger partial charge in [0.25, 0.3) is 0 Å². The normalized spacial score (nSPS) is 25.1. The van der Waals surface area contributed by atoms with Crippen molar-refractivity contribution in [2.75, 3.05) is 26.7 Å². The minimum absolute atomic E-state index is 0.161. The molecule has 0 saturated carbocycles. The Hall–Kier alpha value is -1.36. The summed E-state index contributed by atoms with van der Waals surface area (Å²) in [6.45, 7) is 4.53. The van der Waals surface area contributed by atoms with Crippen molar-refractivity contribution in [3.8, 4) is 0 Å². The lowest BCUT2D eigenvalue weighted by Crippen LogP contribution is -2.41. The fourth-order valence-corrected chi connectivity index (χ4v) is 2.32. The molecule has 1 aromatic heterocycles. The number of carbonyl (C=O) groups excluding carboxylic acids is 1. The Morgan fingerprint density at radius 2 is 2.53 bits per heavy atom. The minimum atomic E-state index is -0.224. The summed E-state index contributed by atoms with van der Waals surface area (Å²) in [5.41, 5.74) is -0.224. The Morgan fingerprint density at radius 3 is 3.12 bits per heavy atom. The molecule has 1 atom stereocenters. The minimum Gasteiger partial charge on any atom is -0.355 e. The number of likely N-dealkylation sites (tertiary alicyclic amines) is 1. The van der Waals surface area contributed by atoms with Crippen LogP contribution in [-0.4, -0.2) is 47.5 Å². The van der Waals surface area contributed by atoms with Gasteiger partial charge in [0.1, 0.15) is 5.82 Å². The van der Waals surface area contributed by atoms with Gasteiger partial charge in [0.05, 0.1) is 5.41 Å². The molecule has 17 heavy (non-hydrogen) atoms. The molecule has 0 bridgehead atoms. The maximum absolute atomic E-state index is 12.1. The molecule has 2 rings (SSSR count). The molecule has 0 aliphatic carbocycles. The first-order chi connectivity index (χ1) is 8.10. The van der Waals surface area contributed by atoms with Gasteiger partial charge in [-0.15, -0.1) is 0 Å². The van der Waals surface area contributed by atoms with Crippen LogP contribution in [0.1, 0.15) is 19.2 Å². The predicted molar refractivity (Wildman–Crippen MR) is 65.5 cm³/mol.